The van der Waals surface area contributed by atoms with E-state index in [1.807, 2.05) is 24.5 Å². The second kappa shape index (κ2) is 7.44. The number of ether oxygens (including phenoxy) is 1. The Balaban J connectivity index is 1.79. The van der Waals surface area contributed by atoms with Crippen LogP contribution in [0.2, 0.25) is 0 Å². The van der Waals surface area contributed by atoms with Gasteiger partial charge in [0, 0.05) is 21.1 Å². The molecule has 0 unspecified atom stereocenters. The third kappa shape index (κ3) is 4.30. The Morgan fingerprint density at radius 1 is 1.21 bits per heavy atom. The lowest BCUT2D eigenvalue weighted by Gasteiger charge is -2.13. The maximum absolute atomic E-state index is 6.07. The minimum Gasteiger partial charge on any atom is -0.457 e. The van der Waals surface area contributed by atoms with Gasteiger partial charge < -0.3 is 9.64 Å². The van der Waals surface area contributed by atoms with Crippen LogP contribution in [-0.4, -0.2) is 24.3 Å². The molecule has 0 heterocycles. The third-order valence-corrected chi connectivity index (χ3v) is 6.44. The first kappa shape index (κ1) is 17.7. The van der Waals surface area contributed by atoms with E-state index >= 15 is 0 Å². The van der Waals surface area contributed by atoms with Gasteiger partial charge in [-0.3, -0.25) is 0 Å². The van der Waals surface area contributed by atoms with Gasteiger partial charge in [-0.05, 0) is 107 Å². The van der Waals surface area contributed by atoms with Crippen LogP contribution < -0.4 is 4.74 Å². The standard InChI is InChI=1S/C19H20BrIN2O/c1-12-9-19(24-15-6-7-16(20)17(21)10-15)13(2)8-18(12)22-11-23(3)14-4-5-14/h6-11,14H,4-5H2,1-3H3/b22-11+. The Bertz CT molecular complexity index is 787. The van der Waals surface area contributed by atoms with E-state index in [1.165, 1.54) is 12.8 Å². The van der Waals surface area contributed by atoms with E-state index in [9.17, 15) is 0 Å². The van der Waals surface area contributed by atoms with Crippen LogP contribution in [-0.2, 0) is 0 Å². The van der Waals surface area contributed by atoms with E-state index in [-0.39, 0.29) is 0 Å². The van der Waals surface area contributed by atoms with Crippen LogP contribution in [0.5, 0.6) is 11.5 Å². The van der Waals surface area contributed by atoms with Crippen molar-refractivity contribution in [3.8, 4) is 11.5 Å². The summed E-state index contributed by atoms with van der Waals surface area (Å²) in [5.41, 5.74) is 3.19. The average molecular weight is 499 g/mol. The number of hydrogen-bond acceptors (Lipinski definition) is 2. The largest absolute Gasteiger partial charge is 0.457 e. The molecule has 5 heteroatoms. The zero-order valence-electron chi connectivity index (χ0n) is 14.0. The Kier molecular flexibility index (Phi) is 5.49. The summed E-state index contributed by atoms with van der Waals surface area (Å²) in [6.45, 7) is 4.13. The normalized spacial score (nSPS) is 14.2. The molecule has 3 nitrogen and oxygen atoms in total. The second-order valence-electron chi connectivity index (χ2n) is 6.22. The van der Waals surface area contributed by atoms with E-state index < -0.39 is 0 Å². The fourth-order valence-corrected chi connectivity index (χ4v) is 3.15. The fourth-order valence-electron chi connectivity index (χ4n) is 2.42. The molecule has 0 atom stereocenters. The molecule has 0 bridgehead atoms. The first-order valence-corrected chi connectivity index (χ1v) is 9.81. The Morgan fingerprint density at radius 3 is 2.62 bits per heavy atom. The van der Waals surface area contributed by atoms with Gasteiger partial charge in [0.25, 0.3) is 0 Å². The van der Waals surface area contributed by atoms with E-state index in [1.54, 1.807) is 0 Å². The predicted octanol–water partition coefficient (Wildman–Crippen LogP) is 6.22. The first-order chi connectivity index (χ1) is 11.4. The smallest absolute Gasteiger partial charge is 0.130 e. The van der Waals surface area contributed by atoms with Crippen LogP contribution in [0.3, 0.4) is 0 Å². The summed E-state index contributed by atoms with van der Waals surface area (Å²) in [6.07, 6.45) is 4.50. The molecule has 1 aliphatic rings. The van der Waals surface area contributed by atoms with E-state index in [0.717, 1.165) is 36.4 Å². The molecule has 24 heavy (non-hydrogen) atoms. The molecule has 0 spiro atoms. The molecule has 1 fully saturated rings. The van der Waals surface area contributed by atoms with Crippen LogP contribution >= 0.6 is 38.5 Å². The van der Waals surface area contributed by atoms with Crippen molar-refractivity contribution >= 4 is 50.5 Å². The predicted molar refractivity (Wildman–Crippen MR) is 112 cm³/mol. The SMILES string of the molecule is Cc1cc(Oc2ccc(Br)c(I)c2)c(C)cc1/N=C/N(C)C1CC1. The first-order valence-electron chi connectivity index (χ1n) is 7.94. The molecule has 0 amide bonds. The molecule has 0 aromatic heterocycles. The van der Waals surface area contributed by atoms with E-state index in [4.69, 9.17) is 4.74 Å². The van der Waals surface area contributed by atoms with Gasteiger partial charge in [-0.15, -0.1) is 0 Å². The van der Waals surface area contributed by atoms with Gasteiger partial charge in [0.2, 0.25) is 0 Å². The highest BCUT2D eigenvalue weighted by molar-refractivity contribution is 14.1. The summed E-state index contributed by atoms with van der Waals surface area (Å²) >= 11 is 5.80. The highest BCUT2D eigenvalue weighted by Gasteiger charge is 2.24. The molecular formula is C19H20BrIN2O. The number of aryl methyl sites for hydroxylation is 2. The lowest BCUT2D eigenvalue weighted by molar-refractivity contribution is 0.478. The molecule has 1 saturated carbocycles. The van der Waals surface area contributed by atoms with Crippen LogP contribution in [0.1, 0.15) is 24.0 Å². The molecule has 0 N–H and O–H groups in total. The van der Waals surface area contributed by atoms with E-state index in [0.29, 0.717) is 6.04 Å². The molecule has 0 aliphatic heterocycles. The summed E-state index contributed by atoms with van der Waals surface area (Å²) in [5, 5.41) is 0. The number of rotatable bonds is 5. The van der Waals surface area contributed by atoms with Crippen molar-refractivity contribution < 1.29 is 4.74 Å². The summed E-state index contributed by atoms with van der Waals surface area (Å²) in [6, 6.07) is 10.8. The number of aliphatic imine (C=N–C) groups is 1. The lowest BCUT2D eigenvalue weighted by atomic mass is 10.1. The Hall–Kier alpha value is -1.08. The second-order valence-corrected chi connectivity index (χ2v) is 8.24. The number of benzene rings is 2. The topological polar surface area (TPSA) is 24.8 Å². The van der Waals surface area contributed by atoms with Crippen LogP contribution in [0.4, 0.5) is 5.69 Å². The van der Waals surface area contributed by atoms with Crippen molar-refractivity contribution in [1.29, 1.82) is 0 Å². The Labute approximate surface area is 165 Å². The highest BCUT2D eigenvalue weighted by Crippen LogP contribution is 2.33. The van der Waals surface area contributed by atoms with E-state index in [2.05, 4.69) is 81.4 Å². The number of halogens is 2. The van der Waals surface area contributed by atoms with Gasteiger partial charge in [-0.25, -0.2) is 4.99 Å². The number of hydrogen-bond donors (Lipinski definition) is 0. The average Bonchev–Trinajstić information content (AvgIpc) is 3.37. The van der Waals surface area contributed by atoms with Crippen LogP contribution in [0.15, 0.2) is 39.8 Å². The summed E-state index contributed by atoms with van der Waals surface area (Å²) in [5.74, 6) is 1.72. The number of nitrogens with zero attached hydrogens (tertiary/aromatic N) is 2. The van der Waals surface area contributed by atoms with Crippen molar-refractivity contribution in [1.82, 2.24) is 4.90 Å². The third-order valence-electron chi connectivity index (χ3n) is 4.11. The Morgan fingerprint density at radius 2 is 1.96 bits per heavy atom. The molecular weight excluding hydrogens is 479 g/mol. The summed E-state index contributed by atoms with van der Waals surface area (Å²) in [4.78, 5) is 6.84. The monoisotopic (exact) mass is 498 g/mol. The summed E-state index contributed by atoms with van der Waals surface area (Å²) in [7, 11) is 2.09. The van der Waals surface area contributed by atoms with Crippen molar-refractivity contribution in [3.05, 3.63) is 49.5 Å². The molecule has 126 valence electrons. The molecule has 3 rings (SSSR count). The zero-order valence-corrected chi connectivity index (χ0v) is 17.8. The van der Waals surface area contributed by atoms with Gasteiger partial charge in [0.1, 0.15) is 11.5 Å². The van der Waals surface area contributed by atoms with Crippen molar-refractivity contribution in [2.75, 3.05) is 7.05 Å². The maximum atomic E-state index is 6.07. The minimum absolute atomic E-state index is 0.678. The van der Waals surface area contributed by atoms with Crippen molar-refractivity contribution in [2.24, 2.45) is 4.99 Å². The molecule has 0 saturated heterocycles. The molecule has 1 aliphatic carbocycles. The molecule has 2 aromatic rings. The molecule has 0 radical (unpaired) electrons. The fraction of sp³-hybridized carbons (Fsp3) is 0.316. The zero-order chi connectivity index (χ0) is 17.3. The highest BCUT2D eigenvalue weighted by atomic mass is 127. The maximum Gasteiger partial charge on any atom is 0.130 e. The van der Waals surface area contributed by atoms with Gasteiger partial charge in [0.15, 0.2) is 0 Å². The van der Waals surface area contributed by atoms with Gasteiger partial charge in [-0.2, -0.15) is 0 Å². The van der Waals surface area contributed by atoms with Gasteiger partial charge >= 0.3 is 0 Å². The summed E-state index contributed by atoms with van der Waals surface area (Å²) < 4.78 is 8.27. The van der Waals surface area contributed by atoms with Gasteiger partial charge in [0.05, 0.1) is 12.0 Å². The molecule has 2 aromatic carbocycles. The van der Waals surface area contributed by atoms with Crippen molar-refractivity contribution in [2.45, 2.75) is 32.7 Å². The van der Waals surface area contributed by atoms with Gasteiger partial charge in [-0.1, -0.05) is 0 Å². The van der Waals surface area contributed by atoms with Crippen molar-refractivity contribution in [3.63, 3.8) is 0 Å². The van der Waals surface area contributed by atoms with Crippen LogP contribution in [0.25, 0.3) is 0 Å². The lowest BCUT2D eigenvalue weighted by Crippen LogP contribution is -2.17. The van der Waals surface area contributed by atoms with Crippen LogP contribution in [0, 0.1) is 17.4 Å². The quantitative estimate of drug-likeness (QED) is 0.278. The minimum atomic E-state index is 0.678.